The third kappa shape index (κ3) is 4.76. The molecule has 28 heavy (non-hydrogen) atoms. The summed E-state index contributed by atoms with van der Waals surface area (Å²) >= 11 is 0. The van der Waals surface area contributed by atoms with Crippen molar-refractivity contribution in [3.05, 3.63) is 65.5 Å². The van der Waals surface area contributed by atoms with Gasteiger partial charge in [0.25, 0.3) is 5.91 Å². The minimum Gasteiger partial charge on any atom is -0.336 e. The third-order valence-corrected chi connectivity index (χ3v) is 6.26. The molecule has 0 unspecified atom stereocenters. The van der Waals surface area contributed by atoms with Crippen LogP contribution in [0.2, 0.25) is 0 Å². The van der Waals surface area contributed by atoms with E-state index in [9.17, 15) is 17.6 Å². The van der Waals surface area contributed by atoms with Gasteiger partial charge in [0.05, 0.1) is 10.5 Å². The monoisotopic (exact) mass is 405 g/mol. The van der Waals surface area contributed by atoms with Gasteiger partial charge in [0.2, 0.25) is 10.0 Å². The molecule has 1 aliphatic rings. The Morgan fingerprint density at radius 3 is 2.39 bits per heavy atom. The van der Waals surface area contributed by atoms with Gasteiger partial charge in [-0.25, -0.2) is 17.5 Å². The van der Waals surface area contributed by atoms with E-state index in [1.807, 2.05) is 18.2 Å². The lowest BCUT2D eigenvalue weighted by Gasteiger charge is -2.34. The number of nitrogens with one attached hydrogen (secondary N) is 1. The predicted molar refractivity (Wildman–Crippen MR) is 105 cm³/mol. The number of rotatable bonds is 6. The Hall–Kier alpha value is -2.29. The van der Waals surface area contributed by atoms with Crippen molar-refractivity contribution in [1.82, 2.24) is 14.5 Å². The highest BCUT2D eigenvalue weighted by Crippen LogP contribution is 2.18. The van der Waals surface area contributed by atoms with Crippen LogP contribution in [0.25, 0.3) is 0 Å². The molecule has 2 aromatic rings. The molecule has 8 heteroatoms. The van der Waals surface area contributed by atoms with Crippen molar-refractivity contribution in [1.29, 1.82) is 0 Å². The highest BCUT2D eigenvalue weighted by atomic mass is 32.2. The first kappa shape index (κ1) is 20.4. The van der Waals surface area contributed by atoms with Crippen LogP contribution in [-0.2, 0) is 16.6 Å². The molecule has 3 rings (SSSR count). The van der Waals surface area contributed by atoms with E-state index in [0.717, 1.165) is 18.7 Å². The lowest BCUT2D eigenvalue weighted by molar-refractivity contribution is 0.0623. The van der Waals surface area contributed by atoms with Gasteiger partial charge in [-0.05, 0) is 23.8 Å². The zero-order chi connectivity index (χ0) is 20.1. The van der Waals surface area contributed by atoms with E-state index in [1.54, 1.807) is 11.8 Å². The number of hydrogen-bond donors (Lipinski definition) is 1. The Morgan fingerprint density at radius 1 is 1.07 bits per heavy atom. The van der Waals surface area contributed by atoms with Crippen LogP contribution in [0, 0.1) is 5.82 Å². The van der Waals surface area contributed by atoms with Crippen molar-refractivity contribution in [2.45, 2.75) is 18.4 Å². The van der Waals surface area contributed by atoms with E-state index in [2.05, 4.69) is 21.8 Å². The third-order valence-electron chi connectivity index (χ3n) is 4.72. The standard InChI is InChI=1S/C20H24FN3O3S/c1-2-22-28(26,27)17-8-9-19(21)18(14-17)20(25)24-12-10-23(11-13-24)15-16-6-4-3-5-7-16/h3-9,14,22H,2,10-13,15H2,1H3. The summed E-state index contributed by atoms with van der Waals surface area (Å²) in [5.41, 5.74) is 0.991. The maximum Gasteiger partial charge on any atom is 0.256 e. The number of nitrogens with zero attached hydrogens (tertiary/aromatic N) is 2. The van der Waals surface area contributed by atoms with Gasteiger partial charge >= 0.3 is 0 Å². The van der Waals surface area contributed by atoms with Crippen LogP contribution >= 0.6 is 0 Å². The van der Waals surface area contributed by atoms with Crippen LogP contribution in [0.4, 0.5) is 4.39 Å². The zero-order valence-corrected chi connectivity index (χ0v) is 16.6. The Kier molecular flexibility index (Phi) is 6.43. The predicted octanol–water partition coefficient (Wildman–Crippen LogP) is 2.08. The highest BCUT2D eigenvalue weighted by Gasteiger charge is 2.26. The molecule has 0 aromatic heterocycles. The van der Waals surface area contributed by atoms with Gasteiger partial charge in [-0.1, -0.05) is 37.3 Å². The minimum atomic E-state index is -3.75. The van der Waals surface area contributed by atoms with E-state index in [-0.39, 0.29) is 17.0 Å². The van der Waals surface area contributed by atoms with Gasteiger partial charge in [0.15, 0.2) is 0 Å². The summed E-state index contributed by atoms with van der Waals surface area (Å²) in [6.07, 6.45) is 0. The fourth-order valence-electron chi connectivity index (χ4n) is 3.23. The van der Waals surface area contributed by atoms with E-state index in [4.69, 9.17) is 0 Å². The van der Waals surface area contributed by atoms with Gasteiger partial charge in [-0.3, -0.25) is 9.69 Å². The molecule has 0 spiro atoms. The summed E-state index contributed by atoms with van der Waals surface area (Å²) < 4.78 is 40.9. The summed E-state index contributed by atoms with van der Waals surface area (Å²) in [7, 11) is -3.75. The number of piperazine rings is 1. The summed E-state index contributed by atoms with van der Waals surface area (Å²) in [6.45, 7) is 4.96. The Bertz CT molecular complexity index is 927. The molecule has 0 bridgehead atoms. The zero-order valence-electron chi connectivity index (χ0n) is 15.8. The fraction of sp³-hybridized carbons (Fsp3) is 0.350. The second-order valence-corrected chi connectivity index (χ2v) is 8.46. The second-order valence-electron chi connectivity index (χ2n) is 6.70. The Morgan fingerprint density at radius 2 is 1.75 bits per heavy atom. The molecule has 6 nitrogen and oxygen atoms in total. The van der Waals surface area contributed by atoms with Gasteiger partial charge in [-0.15, -0.1) is 0 Å². The SMILES string of the molecule is CCNS(=O)(=O)c1ccc(F)c(C(=O)N2CCN(Cc3ccccc3)CC2)c1. The average molecular weight is 405 g/mol. The Balaban J connectivity index is 1.68. The van der Waals surface area contributed by atoms with E-state index in [1.165, 1.54) is 11.6 Å². The molecule has 0 atom stereocenters. The van der Waals surface area contributed by atoms with Crippen molar-refractivity contribution >= 4 is 15.9 Å². The summed E-state index contributed by atoms with van der Waals surface area (Å²) in [5.74, 6) is -1.20. The van der Waals surface area contributed by atoms with Crippen LogP contribution < -0.4 is 4.72 Å². The summed E-state index contributed by atoms with van der Waals surface area (Å²) in [4.78, 5) is 16.5. The maximum absolute atomic E-state index is 14.2. The molecule has 0 radical (unpaired) electrons. The van der Waals surface area contributed by atoms with Crippen LogP contribution in [0.3, 0.4) is 0 Å². The molecule has 0 saturated carbocycles. The number of halogens is 1. The van der Waals surface area contributed by atoms with Crippen molar-refractivity contribution in [3.8, 4) is 0 Å². The van der Waals surface area contributed by atoms with E-state index in [0.29, 0.717) is 26.2 Å². The van der Waals surface area contributed by atoms with Gasteiger partial charge in [-0.2, -0.15) is 0 Å². The van der Waals surface area contributed by atoms with E-state index >= 15 is 0 Å². The molecule has 1 amide bonds. The Labute approximate surface area is 165 Å². The first-order valence-electron chi connectivity index (χ1n) is 9.25. The molecule has 2 aromatic carbocycles. The van der Waals surface area contributed by atoms with Crippen LogP contribution in [0.1, 0.15) is 22.8 Å². The second kappa shape index (κ2) is 8.81. The first-order valence-corrected chi connectivity index (χ1v) is 10.7. The van der Waals surface area contributed by atoms with E-state index < -0.39 is 21.7 Å². The molecule has 150 valence electrons. The highest BCUT2D eigenvalue weighted by molar-refractivity contribution is 7.89. The molecule has 0 aliphatic carbocycles. The molecule has 1 aliphatic heterocycles. The summed E-state index contributed by atoms with van der Waals surface area (Å²) in [5, 5.41) is 0. The van der Waals surface area contributed by atoms with Crippen molar-refractivity contribution in [3.63, 3.8) is 0 Å². The number of hydrogen-bond acceptors (Lipinski definition) is 4. The fourth-order valence-corrected chi connectivity index (χ4v) is 4.30. The quantitative estimate of drug-likeness (QED) is 0.799. The van der Waals surface area contributed by atoms with Crippen molar-refractivity contribution in [2.24, 2.45) is 0 Å². The summed E-state index contributed by atoms with van der Waals surface area (Å²) in [6, 6.07) is 13.4. The average Bonchev–Trinajstić information content (AvgIpc) is 2.69. The van der Waals surface area contributed by atoms with Crippen LogP contribution in [0.5, 0.6) is 0 Å². The smallest absolute Gasteiger partial charge is 0.256 e. The van der Waals surface area contributed by atoms with Crippen LogP contribution in [-0.4, -0.2) is 56.8 Å². The number of sulfonamides is 1. The number of benzene rings is 2. The van der Waals surface area contributed by atoms with Crippen LogP contribution in [0.15, 0.2) is 53.4 Å². The normalized spacial score (nSPS) is 15.6. The molecule has 1 saturated heterocycles. The largest absolute Gasteiger partial charge is 0.336 e. The molecule has 1 heterocycles. The molecular formula is C20H24FN3O3S. The van der Waals surface area contributed by atoms with Gasteiger partial charge in [0, 0.05) is 39.3 Å². The van der Waals surface area contributed by atoms with Crippen molar-refractivity contribution in [2.75, 3.05) is 32.7 Å². The first-order chi connectivity index (χ1) is 13.4. The van der Waals surface area contributed by atoms with Gasteiger partial charge in [0.1, 0.15) is 5.82 Å². The maximum atomic E-state index is 14.2. The molecule has 1 fully saturated rings. The topological polar surface area (TPSA) is 69.7 Å². The number of amides is 1. The lowest BCUT2D eigenvalue weighted by Crippen LogP contribution is -2.48. The molecular weight excluding hydrogens is 381 g/mol. The van der Waals surface area contributed by atoms with Crippen molar-refractivity contribution < 1.29 is 17.6 Å². The number of carbonyl (C=O) groups is 1. The minimum absolute atomic E-state index is 0.109. The number of carbonyl (C=O) groups excluding carboxylic acids is 1. The lowest BCUT2D eigenvalue weighted by atomic mass is 10.1. The van der Waals surface area contributed by atoms with Gasteiger partial charge < -0.3 is 4.90 Å². The molecule has 1 N–H and O–H groups in total.